The number of benzene rings is 1. The van der Waals surface area contributed by atoms with Crippen molar-refractivity contribution in [2.75, 3.05) is 6.61 Å². The molecule has 0 saturated heterocycles. The van der Waals surface area contributed by atoms with E-state index in [1.165, 1.54) is 12.1 Å². The van der Waals surface area contributed by atoms with E-state index in [4.69, 9.17) is 4.74 Å². The molecule has 0 aliphatic rings. The summed E-state index contributed by atoms with van der Waals surface area (Å²) in [7, 11) is 0. The third-order valence-corrected chi connectivity index (χ3v) is 2.14. The molecule has 1 heterocycles. The number of halogens is 1. The molecule has 0 fully saturated rings. The summed E-state index contributed by atoms with van der Waals surface area (Å²) in [5.74, 6) is -0.231. The normalized spacial score (nSPS) is 10.4. The van der Waals surface area contributed by atoms with Gasteiger partial charge in [-0.25, -0.2) is 4.39 Å². The summed E-state index contributed by atoms with van der Waals surface area (Å²) < 4.78 is 18.6. The van der Waals surface area contributed by atoms with Crippen molar-refractivity contribution < 1.29 is 9.13 Å². The maximum atomic E-state index is 13.5. The highest BCUT2D eigenvalue weighted by atomic mass is 19.1. The largest absolute Gasteiger partial charge is 0.491 e. The van der Waals surface area contributed by atoms with E-state index in [0.29, 0.717) is 17.9 Å². The number of rotatable bonds is 3. The van der Waals surface area contributed by atoms with Crippen LogP contribution in [-0.2, 0) is 0 Å². The molecule has 0 atom stereocenters. The minimum Gasteiger partial charge on any atom is -0.491 e. The first-order chi connectivity index (χ1) is 7.70. The zero-order valence-electron chi connectivity index (χ0n) is 8.71. The first-order valence-electron chi connectivity index (χ1n) is 4.91. The van der Waals surface area contributed by atoms with Crippen LogP contribution in [0.2, 0.25) is 0 Å². The highest BCUT2D eigenvalue weighted by Crippen LogP contribution is 2.23. The van der Waals surface area contributed by atoms with E-state index in [2.05, 4.69) is 10.2 Å². The summed E-state index contributed by atoms with van der Waals surface area (Å²) in [5.41, 5.74) is 0.899. The van der Waals surface area contributed by atoms with Gasteiger partial charge in [0.2, 0.25) is 0 Å². The summed E-state index contributed by atoms with van der Waals surface area (Å²) in [4.78, 5) is 10.9. The van der Waals surface area contributed by atoms with Crippen LogP contribution < -0.4 is 10.3 Å². The van der Waals surface area contributed by atoms with Gasteiger partial charge in [-0.3, -0.25) is 15.0 Å². The van der Waals surface area contributed by atoms with Crippen molar-refractivity contribution in [3.05, 3.63) is 40.4 Å². The van der Waals surface area contributed by atoms with Gasteiger partial charge in [0.15, 0.2) is 11.6 Å². The van der Waals surface area contributed by atoms with Crippen LogP contribution in [0.15, 0.2) is 29.1 Å². The lowest BCUT2D eigenvalue weighted by molar-refractivity contribution is 0.321. The molecular weight excluding hydrogens is 211 g/mol. The fourth-order valence-electron chi connectivity index (χ4n) is 1.43. The molecule has 5 heteroatoms. The fourth-order valence-corrected chi connectivity index (χ4v) is 1.43. The molecule has 0 bridgehead atoms. The van der Waals surface area contributed by atoms with Gasteiger partial charge in [0.25, 0.3) is 5.56 Å². The van der Waals surface area contributed by atoms with Crippen molar-refractivity contribution in [1.82, 2.24) is 10.2 Å². The molecule has 16 heavy (non-hydrogen) atoms. The van der Waals surface area contributed by atoms with Gasteiger partial charge < -0.3 is 4.74 Å². The maximum Gasteiger partial charge on any atom is 0.264 e. The topological polar surface area (TPSA) is 57.9 Å². The molecule has 0 aliphatic carbocycles. The van der Waals surface area contributed by atoms with Crippen molar-refractivity contribution in [3.63, 3.8) is 0 Å². The van der Waals surface area contributed by atoms with Gasteiger partial charge >= 0.3 is 0 Å². The Hall–Kier alpha value is -2.04. The lowest BCUT2D eigenvalue weighted by Gasteiger charge is -2.05. The molecule has 1 aromatic carbocycles. The predicted molar refractivity (Wildman–Crippen MR) is 58.0 cm³/mol. The highest BCUT2D eigenvalue weighted by Gasteiger charge is 2.06. The summed E-state index contributed by atoms with van der Waals surface area (Å²) in [6.45, 7) is 2.20. The first-order valence-corrected chi connectivity index (χ1v) is 4.91. The van der Waals surface area contributed by atoms with Gasteiger partial charge in [-0.05, 0) is 25.1 Å². The smallest absolute Gasteiger partial charge is 0.264 e. The molecule has 0 aliphatic heterocycles. The molecule has 0 amide bonds. The third kappa shape index (κ3) is 1.98. The van der Waals surface area contributed by atoms with Crippen molar-refractivity contribution >= 4 is 0 Å². The van der Waals surface area contributed by atoms with E-state index in [1.807, 2.05) is 0 Å². The van der Waals surface area contributed by atoms with Gasteiger partial charge in [0, 0.05) is 11.6 Å². The van der Waals surface area contributed by atoms with Crippen LogP contribution in [-0.4, -0.2) is 16.8 Å². The van der Waals surface area contributed by atoms with Crippen molar-refractivity contribution in [2.24, 2.45) is 0 Å². The Balaban J connectivity index is 2.37. The molecule has 0 radical (unpaired) electrons. The number of H-pyrrole nitrogens is 2. The van der Waals surface area contributed by atoms with Crippen molar-refractivity contribution in [1.29, 1.82) is 0 Å². The predicted octanol–water partition coefficient (Wildman–Crippen LogP) is 1.91. The minimum atomic E-state index is -0.443. The molecule has 0 spiro atoms. The molecule has 2 N–H and O–H groups in total. The number of ether oxygens (including phenoxy) is 1. The monoisotopic (exact) mass is 222 g/mol. The molecular formula is C11H11FN2O2. The molecule has 1 aromatic heterocycles. The zero-order valence-corrected chi connectivity index (χ0v) is 8.71. The molecule has 0 saturated carbocycles. The summed E-state index contributed by atoms with van der Waals surface area (Å²) in [5, 5.41) is 5.05. The lowest BCUT2D eigenvalue weighted by Crippen LogP contribution is -1.94. The Kier molecular flexibility index (Phi) is 2.76. The van der Waals surface area contributed by atoms with Gasteiger partial charge in [0.05, 0.1) is 12.3 Å². The zero-order chi connectivity index (χ0) is 11.5. The Morgan fingerprint density at radius 1 is 1.31 bits per heavy atom. The van der Waals surface area contributed by atoms with Crippen LogP contribution >= 0.6 is 0 Å². The summed E-state index contributed by atoms with van der Waals surface area (Å²) in [6, 6.07) is 5.92. The summed E-state index contributed by atoms with van der Waals surface area (Å²) in [6.07, 6.45) is 0. The van der Waals surface area contributed by atoms with Crippen LogP contribution in [0, 0.1) is 5.82 Å². The number of hydrogen-bond acceptors (Lipinski definition) is 2. The Labute approximate surface area is 91.1 Å². The van der Waals surface area contributed by atoms with E-state index >= 15 is 0 Å². The summed E-state index contributed by atoms with van der Waals surface area (Å²) >= 11 is 0. The van der Waals surface area contributed by atoms with Gasteiger partial charge in [-0.15, -0.1) is 0 Å². The molecule has 0 unspecified atom stereocenters. The average molecular weight is 222 g/mol. The second kappa shape index (κ2) is 4.22. The van der Waals surface area contributed by atoms with Gasteiger partial charge in [-0.2, -0.15) is 0 Å². The van der Waals surface area contributed by atoms with Gasteiger partial charge in [-0.1, -0.05) is 0 Å². The molecule has 84 valence electrons. The van der Waals surface area contributed by atoms with E-state index in [9.17, 15) is 9.18 Å². The van der Waals surface area contributed by atoms with Crippen LogP contribution in [0.5, 0.6) is 5.75 Å². The van der Waals surface area contributed by atoms with Crippen LogP contribution in [0.1, 0.15) is 6.92 Å². The quantitative estimate of drug-likeness (QED) is 0.833. The Morgan fingerprint density at radius 2 is 2.12 bits per heavy atom. The number of nitrogens with one attached hydrogen (secondary N) is 2. The van der Waals surface area contributed by atoms with Crippen LogP contribution in [0.4, 0.5) is 4.39 Å². The SMILES string of the molecule is CCOc1ccc(-c2cc(=O)[nH][nH]2)cc1F. The maximum absolute atomic E-state index is 13.5. The number of hydrogen-bond donors (Lipinski definition) is 2. The molecule has 2 rings (SSSR count). The second-order valence-corrected chi connectivity index (χ2v) is 3.25. The van der Waals surface area contributed by atoms with Crippen molar-refractivity contribution in [2.45, 2.75) is 6.92 Å². The van der Waals surface area contributed by atoms with E-state index in [1.54, 1.807) is 19.1 Å². The van der Waals surface area contributed by atoms with Gasteiger partial charge in [0.1, 0.15) is 0 Å². The number of aromatic amines is 2. The van der Waals surface area contributed by atoms with Crippen LogP contribution in [0.25, 0.3) is 11.3 Å². The Bertz CT molecular complexity index is 545. The Morgan fingerprint density at radius 3 is 2.69 bits per heavy atom. The molecule has 4 nitrogen and oxygen atoms in total. The van der Waals surface area contributed by atoms with E-state index < -0.39 is 5.82 Å². The van der Waals surface area contributed by atoms with Crippen LogP contribution in [0.3, 0.4) is 0 Å². The highest BCUT2D eigenvalue weighted by molar-refractivity contribution is 5.59. The number of aromatic nitrogens is 2. The standard InChI is InChI=1S/C11H11FN2O2/c1-2-16-10-4-3-7(5-8(10)12)9-6-11(15)14-13-9/h3-6H,2H2,1H3,(H2,13,14,15). The minimum absolute atomic E-state index is 0.212. The fraction of sp³-hybridized carbons (Fsp3) is 0.182. The first kappa shape index (κ1) is 10.5. The van der Waals surface area contributed by atoms with E-state index in [0.717, 1.165) is 0 Å². The van der Waals surface area contributed by atoms with E-state index in [-0.39, 0.29) is 11.3 Å². The third-order valence-electron chi connectivity index (χ3n) is 2.14. The second-order valence-electron chi connectivity index (χ2n) is 3.25. The average Bonchev–Trinajstić information content (AvgIpc) is 2.68. The lowest BCUT2D eigenvalue weighted by atomic mass is 10.1. The molecule has 2 aromatic rings. The van der Waals surface area contributed by atoms with Crippen molar-refractivity contribution in [3.8, 4) is 17.0 Å².